The highest BCUT2D eigenvalue weighted by Gasteiger charge is 2.34. The molecule has 0 aromatic heterocycles. The van der Waals surface area contributed by atoms with Gasteiger partial charge in [-0.25, -0.2) is 4.99 Å². The Balaban J connectivity index is 2.21. The molecule has 0 aliphatic carbocycles. The standard InChI is InChI=1S/C19H21NO2/c1-19(2)12-14-10-16(21-3)17(22-4)11-15(14)18(20-19)13-8-6-5-7-9-13/h5-11H,12H2,1-4H3/p+1. The lowest BCUT2D eigenvalue weighted by Crippen LogP contribution is -2.88. The molecule has 1 N–H and O–H groups in total. The molecule has 0 radical (unpaired) electrons. The van der Waals surface area contributed by atoms with Crippen molar-refractivity contribution >= 4 is 5.71 Å². The maximum atomic E-state index is 5.47. The van der Waals surface area contributed by atoms with Gasteiger partial charge in [0.15, 0.2) is 17.0 Å². The Morgan fingerprint density at radius 2 is 1.59 bits per heavy atom. The third-order valence-electron chi connectivity index (χ3n) is 4.04. The summed E-state index contributed by atoms with van der Waals surface area (Å²) in [4.78, 5) is 3.67. The van der Waals surface area contributed by atoms with Gasteiger partial charge in [-0.2, -0.15) is 0 Å². The Labute approximate surface area is 131 Å². The zero-order valence-electron chi connectivity index (χ0n) is 13.6. The summed E-state index contributed by atoms with van der Waals surface area (Å²) >= 11 is 0. The van der Waals surface area contributed by atoms with Crippen LogP contribution in [0, 0.1) is 0 Å². The Bertz CT molecular complexity index is 718. The molecule has 1 heterocycles. The third-order valence-corrected chi connectivity index (χ3v) is 4.04. The monoisotopic (exact) mass is 296 g/mol. The molecule has 1 aliphatic rings. The quantitative estimate of drug-likeness (QED) is 0.939. The van der Waals surface area contributed by atoms with Crippen LogP contribution in [-0.2, 0) is 6.42 Å². The zero-order valence-corrected chi connectivity index (χ0v) is 13.6. The predicted molar refractivity (Wildman–Crippen MR) is 87.9 cm³/mol. The second kappa shape index (κ2) is 5.48. The SMILES string of the molecule is COc1cc2c(cc1OC)C(c1ccccc1)=[NH+]C(C)(C)C2. The first kappa shape index (κ1) is 14.6. The summed E-state index contributed by atoms with van der Waals surface area (Å²) in [5.74, 6) is 1.54. The predicted octanol–water partition coefficient (Wildman–Crippen LogP) is 1.96. The summed E-state index contributed by atoms with van der Waals surface area (Å²) in [5, 5.41) is 0. The molecule has 2 aromatic rings. The van der Waals surface area contributed by atoms with Gasteiger partial charge in [0.1, 0.15) is 0 Å². The number of hydrogen-bond donors (Lipinski definition) is 1. The van der Waals surface area contributed by atoms with Crippen molar-refractivity contribution < 1.29 is 14.5 Å². The lowest BCUT2D eigenvalue weighted by Gasteiger charge is -2.24. The van der Waals surface area contributed by atoms with E-state index in [4.69, 9.17) is 9.47 Å². The molecule has 0 atom stereocenters. The molecule has 3 nitrogen and oxygen atoms in total. The highest BCUT2D eigenvalue weighted by atomic mass is 16.5. The van der Waals surface area contributed by atoms with Crippen LogP contribution in [0.4, 0.5) is 0 Å². The van der Waals surface area contributed by atoms with Crippen LogP contribution in [-0.4, -0.2) is 25.5 Å². The molecular weight excluding hydrogens is 274 g/mol. The lowest BCUT2D eigenvalue weighted by atomic mass is 9.84. The van der Waals surface area contributed by atoms with Gasteiger partial charge in [-0.1, -0.05) is 18.2 Å². The molecule has 0 spiro atoms. The van der Waals surface area contributed by atoms with E-state index in [1.165, 1.54) is 16.7 Å². The summed E-state index contributed by atoms with van der Waals surface area (Å²) in [6, 6.07) is 14.6. The second-order valence-electron chi connectivity index (χ2n) is 6.29. The van der Waals surface area contributed by atoms with Crippen molar-refractivity contribution in [2.45, 2.75) is 25.8 Å². The van der Waals surface area contributed by atoms with Crippen molar-refractivity contribution in [3.8, 4) is 11.5 Å². The number of nitrogens with one attached hydrogen (secondary N) is 1. The lowest BCUT2D eigenvalue weighted by molar-refractivity contribution is -0.544. The molecule has 3 heteroatoms. The van der Waals surface area contributed by atoms with Crippen LogP contribution >= 0.6 is 0 Å². The van der Waals surface area contributed by atoms with E-state index in [0.717, 1.165) is 23.6 Å². The van der Waals surface area contributed by atoms with Crippen molar-refractivity contribution in [1.82, 2.24) is 0 Å². The average Bonchev–Trinajstić information content (AvgIpc) is 2.53. The summed E-state index contributed by atoms with van der Waals surface area (Å²) in [6.07, 6.45) is 0.943. The normalized spacial score (nSPS) is 15.7. The van der Waals surface area contributed by atoms with Gasteiger partial charge in [0.25, 0.3) is 0 Å². The fraction of sp³-hybridized carbons (Fsp3) is 0.316. The molecule has 1 aliphatic heterocycles. The van der Waals surface area contributed by atoms with Gasteiger partial charge < -0.3 is 9.47 Å². The van der Waals surface area contributed by atoms with E-state index in [1.54, 1.807) is 14.2 Å². The van der Waals surface area contributed by atoms with E-state index in [0.29, 0.717) is 0 Å². The van der Waals surface area contributed by atoms with Crippen molar-refractivity contribution in [1.29, 1.82) is 0 Å². The third kappa shape index (κ3) is 2.59. The zero-order chi connectivity index (χ0) is 15.7. The Kier molecular flexibility index (Phi) is 3.65. The van der Waals surface area contributed by atoms with E-state index in [2.05, 4.69) is 55.2 Å². The minimum absolute atomic E-state index is 0.00221. The van der Waals surface area contributed by atoms with Gasteiger partial charge in [0.05, 0.1) is 19.8 Å². The first-order valence-electron chi connectivity index (χ1n) is 7.50. The topological polar surface area (TPSA) is 32.4 Å². The Morgan fingerprint density at radius 3 is 2.23 bits per heavy atom. The molecule has 0 fully saturated rings. The van der Waals surface area contributed by atoms with E-state index in [1.807, 2.05) is 6.07 Å². The average molecular weight is 296 g/mol. The van der Waals surface area contributed by atoms with Crippen LogP contribution in [0.3, 0.4) is 0 Å². The van der Waals surface area contributed by atoms with Gasteiger partial charge in [-0.3, -0.25) is 0 Å². The van der Waals surface area contributed by atoms with Gasteiger partial charge in [-0.05, 0) is 29.8 Å². The molecule has 0 unspecified atom stereocenters. The first-order valence-corrected chi connectivity index (χ1v) is 7.50. The number of methoxy groups -OCH3 is 2. The molecule has 0 saturated heterocycles. The van der Waals surface area contributed by atoms with E-state index in [9.17, 15) is 0 Å². The number of hydrogen-bond acceptors (Lipinski definition) is 2. The van der Waals surface area contributed by atoms with Crippen LogP contribution in [0.5, 0.6) is 11.5 Å². The maximum Gasteiger partial charge on any atom is 0.213 e. The largest absolute Gasteiger partial charge is 0.493 e. The molecule has 22 heavy (non-hydrogen) atoms. The van der Waals surface area contributed by atoms with Crippen molar-refractivity contribution in [2.24, 2.45) is 0 Å². The molecule has 2 aromatic carbocycles. The molecule has 0 bridgehead atoms. The van der Waals surface area contributed by atoms with Crippen LogP contribution in [0.2, 0.25) is 0 Å². The summed E-state index contributed by atoms with van der Waals surface area (Å²) in [5.41, 5.74) is 4.79. The Hall–Kier alpha value is -2.29. The van der Waals surface area contributed by atoms with Gasteiger partial charge in [0.2, 0.25) is 5.71 Å². The molecule has 0 amide bonds. The summed E-state index contributed by atoms with van der Waals surface area (Å²) in [6.45, 7) is 4.44. The van der Waals surface area contributed by atoms with Crippen molar-refractivity contribution in [3.05, 3.63) is 59.2 Å². The number of fused-ring (bicyclic) bond motifs is 1. The fourth-order valence-corrected chi connectivity index (χ4v) is 3.06. The summed E-state index contributed by atoms with van der Waals surface area (Å²) < 4.78 is 10.9. The Morgan fingerprint density at radius 1 is 0.955 bits per heavy atom. The van der Waals surface area contributed by atoms with Gasteiger partial charge in [0, 0.05) is 25.8 Å². The molecule has 114 valence electrons. The van der Waals surface area contributed by atoms with E-state index in [-0.39, 0.29) is 5.54 Å². The number of ether oxygens (including phenoxy) is 2. The van der Waals surface area contributed by atoms with Crippen LogP contribution in [0.15, 0.2) is 42.5 Å². The van der Waals surface area contributed by atoms with Crippen LogP contribution in [0.1, 0.15) is 30.5 Å². The van der Waals surface area contributed by atoms with Gasteiger partial charge in [-0.15, -0.1) is 0 Å². The van der Waals surface area contributed by atoms with Crippen molar-refractivity contribution in [2.75, 3.05) is 14.2 Å². The smallest absolute Gasteiger partial charge is 0.213 e. The number of rotatable bonds is 3. The maximum absolute atomic E-state index is 5.47. The minimum atomic E-state index is -0.00221. The molecule has 3 rings (SSSR count). The highest BCUT2D eigenvalue weighted by molar-refractivity contribution is 6.10. The molecule has 0 saturated carbocycles. The van der Waals surface area contributed by atoms with E-state index < -0.39 is 0 Å². The van der Waals surface area contributed by atoms with Crippen LogP contribution in [0.25, 0.3) is 0 Å². The fourth-order valence-electron chi connectivity index (χ4n) is 3.06. The first-order chi connectivity index (χ1) is 10.5. The minimum Gasteiger partial charge on any atom is -0.493 e. The summed E-state index contributed by atoms with van der Waals surface area (Å²) in [7, 11) is 3.35. The molecular formula is C19H22NO2+. The number of benzene rings is 2. The van der Waals surface area contributed by atoms with E-state index >= 15 is 0 Å². The highest BCUT2D eigenvalue weighted by Crippen LogP contribution is 2.33. The second-order valence-corrected chi connectivity index (χ2v) is 6.29. The van der Waals surface area contributed by atoms with Crippen molar-refractivity contribution in [3.63, 3.8) is 0 Å². The van der Waals surface area contributed by atoms with Gasteiger partial charge >= 0.3 is 0 Å². The van der Waals surface area contributed by atoms with Crippen LogP contribution < -0.4 is 14.5 Å².